The maximum atomic E-state index is 11.8. The normalized spacial score (nSPS) is 13.6. The van der Waals surface area contributed by atoms with E-state index >= 15 is 0 Å². The van der Waals surface area contributed by atoms with E-state index in [4.69, 9.17) is 0 Å². The van der Waals surface area contributed by atoms with Gasteiger partial charge in [0.25, 0.3) is 0 Å². The molecule has 2 aromatic rings. The zero-order valence-electron chi connectivity index (χ0n) is 14.5. The predicted octanol–water partition coefficient (Wildman–Crippen LogP) is 2.62. The molecule has 1 aromatic heterocycles. The van der Waals surface area contributed by atoms with Crippen molar-refractivity contribution in [3.8, 4) is 0 Å². The van der Waals surface area contributed by atoms with Crippen LogP contribution in [0.5, 0.6) is 0 Å². The highest BCUT2D eigenvalue weighted by Gasteiger charge is 2.14. The highest BCUT2D eigenvalue weighted by molar-refractivity contribution is 5.89. The summed E-state index contributed by atoms with van der Waals surface area (Å²) in [5.41, 5.74) is 1.71. The van der Waals surface area contributed by atoms with Crippen molar-refractivity contribution in [1.82, 2.24) is 15.3 Å². The number of carbonyl (C=O) groups excluding carboxylic acids is 1. The van der Waals surface area contributed by atoms with Gasteiger partial charge in [-0.25, -0.2) is 9.78 Å². The number of urea groups is 1. The molecule has 7 heteroatoms. The Hall–Kier alpha value is -2.83. The molecule has 1 fully saturated rings. The lowest BCUT2D eigenvalue weighted by Gasteiger charge is -2.17. The van der Waals surface area contributed by atoms with Crippen molar-refractivity contribution in [3.05, 3.63) is 42.1 Å². The molecule has 132 valence electrons. The van der Waals surface area contributed by atoms with E-state index in [-0.39, 0.29) is 6.03 Å². The van der Waals surface area contributed by atoms with Crippen LogP contribution in [0.2, 0.25) is 0 Å². The Balaban J connectivity index is 1.45. The van der Waals surface area contributed by atoms with Crippen LogP contribution in [0.15, 0.2) is 36.4 Å². The van der Waals surface area contributed by atoms with Gasteiger partial charge in [-0.1, -0.05) is 18.2 Å². The molecule has 1 aliphatic heterocycles. The third-order valence-corrected chi connectivity index (χ3v) is 4.00. The van der Waals surface area contributed by atoms with E-state index in [0.717, 1.165) is 30.3 Å². The average molecular weight is 340 g/mol. The van der Waals surface area contributed by atoms with Gasteiger partial charge in [0.1, 0.15) is 5.82 Å². The molecule has 7 nitrogen and oxygen atoms in total. The summed E-state index contributed by atoms with van der Waals surface area (Å²) in [6.45, 7) is 5.12. The Morgan fingerprint density at radius 1 is 1.12 bits per heavy atom. The number of rotatable bonds is 6. The topological polar surface area (TPSA) is 82.2 Å². The summed E-state index contributed by atoms with van der Waals surface area (Å²) >= 11 is 0. The molecule has 1 aromatic carbocycles. The summed E-state index contributed by atoms with van der Waals surface area (Å²) < 4.78 is 0. The van der Waals surface area contributed by atoms with Crippen LogP contribution in [-0.4, -0.2) is 42.2 Å². The van der Waals surface area contributed by atoms with Crippen LogP contribution >= 0.6 is 0 Å². The number of amides is 2. The van der Waals surface area contributed by atoms with E-state index in [1.54, 1.807) is 0 Å². The minimum atomic E-state index is -0.226. The van der Waals surface area contributed by atoms with Crippen molar-refractivity contribution in [2.45, 2.75) is 19.8 Å². The summed E-state index contributed by atoms with van der Waals surface area (Å²) in [6, 6.07) is 11.1. The Morgan fingerprint density at radius 2 is 1.88 bits per heavy atom. The minimum absolute atomic E-state index is 0.226. The van der Waals surface area contributed by atoms with E-state index in [0.29, 0.717) is 19.0 Å². The van der Waals surface area contributed by atoms with Gasteiger partial charge in [-0.05, 0) is 31.9 Å². The molecule has 1 saturated heterocycles. The zero-order chi connectivity index (χ0) is 17.5. The quantitative estimate of drug-likeness (QED) is 0.704. The number of para-hydroxylation sites is 1. The molecule has 2 heterocycles. The summed E-state index contributed by atoms with van der Waals surface area (Å²) in [4.78, 5) is 23.1. The van der Waals surface area contributed by atoms with E-state index in [1.165, 1.54) is 12.8 Å². The molecule has 0 spiro atoms. The van der Waals surface area contributed by atoms with Crippen LogP contribution in [0.1, 0.15) is 18.5 Å². The van der Waals surface area contributed by atoms with E-state index in [9.17, 15) is 4.79 Å². The Bertz CT molecular complexity index is 700. The van der Waals surface area contributed by atoms with Crippen molar-refractivity contribution in [1.29, 1.82) is 0 Å². The molecule has 0 bridgehead atoms. The third-order valence-electron chi connectivity index (χ3n) is 4.00. The molecular formula is C18H24N6O. The average Bonchev–Trinajstić information content (AvgIpc) is 3.14. The lowest BCUT2D eigenvalue weighted by atomic mass is 10.3. The zero-order valence-corrected chi connectivity index (χ0v) is 14.5. The number of aromatic nitrogens is 2. The maximum Gasteiger partial charge on any atom is 0.319 e. The molecule has 25 heavy (non-hydrogen) atoms. The first-order valence-electron chi connectivity index (χ1n) is 8.65. The molecule has 3 rings (SSSR count). The molecule has 2 amide bonds. The van der Waals surface area contributed by atoms with Crippen LogP contribution in [-0.2, 0) is 0 Å². The number of hydrogen-bond donors (Lipinski definition) is 3. The van der Waals surface area contributed by atoms with Crippen molar-refractivity contribution in [3.63, 3.8) is 0 Å². The fourth-order valence-electron chi connectivity index (χ4n) is 2.79. The van der Waals surface area contributed by atoms with Gasteiger partial charge in [-0.15, -0.1) is 0 Å². The van der Waals surface area contributed by atoms with Gasteiger partial charge in [-0.3, -0.25) is 0 Å². The van der Waals surface area contributed by atoms with Gasteiger partial charge in [-0.2, -0.15) is 4.98 Å². The van der Waals surface area contributed by atoms with Crippen LogP contribution in [0.4, 0.5) is 22.2 Å². The van der Waals surface area contributed by atoms with Crippen molar-refractivity contribution in [2.75, 3.05) is 41.7 Å². The molecule has 3 N–H and O–H groups in total. The van der Waals surface area contributed by atoms with E-state index in [1.807, 2.05) is 43.3 Å². The lowest BCUT2D eigenvalue weighted by Crippen LogP contribution is -2.32. The smallest absolute Gasteiger partial charge is 0.319 e. The number of nitrogens with zero attached hydrogens (tertiary/aromatic N) is 3. The van der Waals surface area contributed by atoms with Crippen LogP contribution in [0.25, 0.3) is 0 Å². The number of hydrogen-bond acceptors (Lipinski definition) is 5. The van der Waals surface area contributed by atoms with Crippen LogP contribution in [0.3, 0.4) is 0 Å². The van der Waals surface area contributed by atoms with Gasteiger partial charge in [0, 0.05) is 43.6 Å². The largest absolute Gasteiger partial charge is 0.356 e. The number of carbonyl (C=O) groups is 1. The third kappa shape index (κ3) is 5.07. The Morgan fingerprint density at radius 3 is 2.64 bits per heavy atom. The van der Waals surface area contributed by atoms with Gasteiger partial charge < -0.3 is 20.9 Å². The molecule has 0 saturated carbocycles. The minimum Gasteiger partial charge on any atom is -0.356 e. The highest BCUT2D eigenvalue weighted by atomic mass is 16.2. The fourth-order valence-corrected chi connectivity index (χ4v) is 2.79. The second-order valence-electron chi connectivity index (χ2n) is 6.06. The molecule has 0 atom stereocenters. The van der Waals surface area contributed by atoms with Gasteiger partial charge >= 0.3 is 6.03 Å². The first-order chi connectivity index (χ1) is 12.2. The summed E-state index contributed by atoms with van der Waals surface area (Å²) in [7, 11) is 0. The molecule has 0 unspecified atom stereocenters. The van der Waals surface area contributed by atoms with Crippen LogP contribution < -0.4 is 20.9 Å². The summed E-state index contributed by atoms with van der Waals surface area (Å²) in [5, 5.41) is 8.76. The number of anilines is 3. The van der Waals surface area contributed by atoms with Crippen molar-refractivity contribution in [2.24, 2.45) is 0 Å². The van der Waals surface area contributed by atoms with Crippen molar-refractivity contribution >= 4 is 23.5 Å². The predicted molar refractivity (Wildman–Crippen MR) is 100 cm³/mol. The Labute approximate surface area is 147 Å². The fraction of sp³-hybridized carbons (Fsp3) is 0.389. The summed E-state index contributed by atoms with van der Waals surface area (Å²) in [5.74, 6) is 1.58. The first kappa shape index (κ1) is 17.0. The molecule has 1 aliphatic rings. The van der Waals surface area contributed by atoms with E-state index in [2.05, 4.69) is 30.8 Å². The monoisotopic (exact) mass is 340 g/mol. The second-order valence-corrected chi connectivity index (χ2v) is 6.06. The van der Waals surface area contributed by atoms with Crippen LogP contribution in [0, 0.1) is 6.92 Å². The maximum absolute atomic E-state index is 11.8. The Kier molecular flexibility index (Phi) is 5.66. The standard InChI is InChI=1S/C18H24N6O/c1-14-13-16(24-11-5-6-12-24)23-17(21-14)19-9-10-20-18(25)22-15-7-3-2-4-8-15/h2-4,7-8,13H,5-6,9-12H2,1H3,(H,19,21,23)(H2,20,22,25). The van der Waals surface area contributed by atoms with Gasteiger partial charge in [0.05, 0.1) is 0 Å². The molecular weight excluding hydrogens is 316 g/mol. The van der Waals surface area contributed by atoms with Gasteiger partial charge in [0.15, 0.2) is 0 Å². The highest BCUT2D eigenvalue weighted by Crippen LogP contribution is 2.19. The number of nitrogens with one attached hydrogen (secondary N) is 3. The lowest BCUT2D eigenvalue weighted by molar-refractivity contribution is 0.252. The SMILES string of the molecule is Cc1cc(N2CCCC2)nc(NCCNC(=O)Nc2ccccc2)n1. The second kappa shape index (κ2) is 8.32. The first-order valence-corrected chi connectivity index (χ1v) is 8.65. The molecule has 0 radical (unpaired) electrons. The van der Waals surface area contributed by atoms with Gasteiger partial charge in [0.2, 0.25) is 5.95 Å². The van der Waals surface area contributed by atoms with Crippen molar-refractivity contribution < 1.29 is 4.79 Å². The number of benzene rings is 1. The number of aryl methyl sites for hydroxylation is 1. The van der Waals surface area contributed by atoms with E-state index < -0.39 is 0 Å². The summed E-state index contributed by atoms with van der Waals surface area (Å²) in [6.07, 6.45) is 2.43. The molecule has 0 aliphatic carbocycles.